The number of amides is 2. The van der Waals surface area contributed by atoms with Crippen LogP contribution in [-0.2, 0) is 0 Å². The molecular formula is C15H14Cl2N2O. The lowest BCUT2D eigenvalue weighted by Gasteiger charge is -2.15. The molecule has 0 bridgehead atoms. The predicted molar refractivity (Wildman–Crippen MR) is 83.5 cm³/mol. The molecule has 20 heavy (non-hydrogen) atoms. The Bertz CT molecular complexity index is 602. The van der Waals surface area contributed by atoms with Crippen LogP contribution in [-0.4, -0.2) is 6.03 Å². The second-order valence-corrected chi connectivity index (χ2v) is 5.17. The summed E-state index contributed by atoms with van der Waals surface area (Å²) in [5, 5.41) is 6.43. The van der Waals surface area contributed by atoms with Gasteiger partial charge in [-0.05, 0) is 30.7 Å². The highest BCUT2D eigenvalue weighted by atomic mass is 35.5. The summed E-state index contributed by atoms with van der Waals surface area (Å²) in [7, 11) is 0. The molecule has 0 unspecified atom stereocenters. The highest BCUT2D eigenvalue weighted by Crippen LogP contribution is 2.25. The number of benzene rings is 2. The third-order valence-electron chi connectivity index (χ3n) is 2.82. The maximum absolute atomic E-state index is 11.9. The Balaban J connectivity index is 1.97. The topological polar surface area (TPSA) is 41.1 Å². The standard InChI is InChI=1S/C15H14Cl2N2O/c1-10(11-5-3-2-4-6-11)18-15(20)19-12-7-8-13(16)14(17)9-12/h2-10H,1H3,(H2,18,19,20)/t10-/m0/s1. The molecule has 2 amide bonds. The van der Waals surface area contributed by atoms with Gasteiger partial charge in [-0.3, -0.25) is 0 Å². The van der Waals surface area contributed by atoms with E-state index < -0.39 is 0 Å². The largest absolute Gasteiger partial charge is 0.331 e. The van der Waals surface area contributed by atoms with E-state index in [-0.39, 0.29) is 12.1 Å². The zero-order valence-corrected chi connectivity index (χ0v) is 12.4. The molecular weight excluding hydrogens is 295 g/mol. The Morgan fingerprint density at radius 2 is 1.75 bits per heavy atom. The monoisotopic (exact) mass is 308 g/mol. The van der Waals surface area contributed by atoms with E-state index in [0.717, 1.165) is 5.56 Å². The maximum Gasteiger partial charge on any atom is 0.319 e. The summed E-state index contributed by atoms with van der Waals surface area (Å²) in [4.78, 5) is 11.9. The van der Waals surface area contributed by atoms with Gasteiger partial charge in [0.15, 0.2) is 0 Å². The lowest BCUT2D eigenvalue weighted by atomic mass is 10.1. The van der Waals surface area contributed by atoms with Crippen LogP contribution in [0.15, 0.2) is 48.5 Å². The van der Waals surface area contributed by atoms with Gasteiger partial charge in [0.2, 0.25) is 0 Å². The van der Waals surface area contributed by atoms with Crippen molar-refractivity contribution in [1.29, 1.82) is 0 Å². The van der Waals surface area contributed by atoms with Crippen LogP contribution in [0.2, 0.25) is 10.0 Å². The number of nitrogens with one attached hydrogen (secondary N) is 2. The van der Waals surface area contributed by atoms with E-state index in [2.05, 4.69) is 10.6 Å². The van der Waals surface area contributed by atoms with Crippen molar-refractivity contribution < 1.29 is 4.79 Å². The summed E-state index contributed by atoms with van der Waals surface area (Å²) in [6.45, 7) is 1.92. The highest BCUT2D eigenvalue weighted by molar-refractivity contribution is 6.42. The molecule has 0 aromatic heterocycles. The lowest BCUT2D eigenvalue weighted by molar-refractivity contribution is 0.249. The fourth-order valence-corrected chi connectivity index (χ4v) is 2.06. The second kappa shape index (κ2) is 6.64. The Morgan fingerprint density at radius 1 is 1.05 bits per heavy atom. The first kappa shape index (κ1) is 14.7. The SMILES string of the molecule is C[C@H](NC(=O)Nc1ccc(Cl)c(Cl)c1)c1ccccc1. The first-order valence-corrected chi connectivity index (χ1v) is 6.89. The van der Waals surface area contributed by atoms with Gasteiger partial charge < -0.3 is 10.6 Å². The Hall–Kier alpha value is -1.71. The van der Waals surface area contributed by atoms with E-state index in [0.29, 0.717) is 15.7 Å². The summed E-state index contributed by atoms with van der Waals surface area (Å²) in [6.07, 6.45) is 0. The molecule has 0 heterocycles. The minimum atomic E-state index is -0.292. The number of anilines is 1. The molecule has 0 aliphatic carbocycles. The van der Waals surface area contributed by atoms with Gasteiger partial charge in [-0.15, -0.1) is 0 Å². The van der Waals surface area contributed by atoms with Gasteiger partial charge >= 0.3 is 6.03 Å². The van der Waals surface area contributed by atoms with E-state index >= 15 is 0 Å². The average Bonchev–Trinajstić information content (AvgIpc) is 2.44. The van der Waals surface area contributed by atoms with Crippen molar-refractivity contribution in [2.75, 3.05) is 5.32 Å². The molecule has 2 aromatic rings. The number of carbonyl (C=O) groups is 1. The number of hydrogen-bond donors (Lipinski definition) is 2. The summed E-state index contributed by atoms with van der Waals surface area (Å²) in [6, 6.07) is 14.3. The van der Waals surface area contributed by atoms with Gasteiger partial charge in [0.05, 0.1) is 16.1 Å². The van der Waals surface area contributed by atoms with Gasteiger partial charge in [-0.25, -0.2) is 4.79 Å². The third-order valence-corrected chi connectivity index (χ3v) is 3.56. The molecule has 0 aliphatic heterocycles. The molecule has 0 aliphatic rings. The molecule has 2 aromatic carbocycles. The Labute approximate surface area is 127 Å². The van der Waals surface area contributed by atoms with E-state index in [4.69, 9.17) is 23.2 Å². The molecule has 0 fully saturated rings. The summed E-state index contributed by atoms with van der Waals surface area (Å²) in [5.74, 6) is 0. The number of urea groups is 1. The molecule has 0 saturated heterocycles. The van der Waals surface area contributed by atoms with E-state index in [1.807, 2.05) is 37.3 Å². The maximum atomic E-state index is 11.9. The van der Waals surface area contributed by atoms with Gasteiger partial charge in [-0.2, -0.15) is 0 Å². The summed E-state index contributed by atoms with van der Waals surface area (Å²) >= 11 is 11.7. The number of rotatable bonds is 3. The number of carbonyl (C=O) groups excluding carboxylic acids is 1. The second-order valence-electron chi connectivity index (χ2n) is 4.36. The van der Waals surface area contributed by atoms with Crippen molar-refractivity contribution in [2.45, 2.75) is 13.0 Å². The Kier molecular flexibility index (Phi) is 4.88. The van der Waals surface area contributed by atoms with Gasteiger partial charge in [0, 0.05) is 5.69 Å². The molecule has 104 valence electrons. The first-order valence-electron chi connectivity index (χ1n) is 6.14. The quantitative estimate of drug-likeness (QED) is 0.834. The Morgan fingerprint density at radius 3 is 2.40 bits per heavy atom. The van der Waals surface area contributed by atoms with Crippen molar-refractivity contribution in [1.82, 2.24) is 5.32 Å². The van der Waals surface area contributed by atoms with Crippen LogP contribution in [0.25, 0.3) is 0 Å². The zero-order valence-electron chi connectivity index (χ0n) is 10.9. The van der Waals surface area contributed by atoms with Crippen molar-refractivity contribution in [3.8, 4) is 0 Å². The molecule has 0 radical (unpaired) electrons. The van der Waals surface area contributed by atoms with E-state index in [9.17, 15) is 4.79 Å². The van der Waals surface area contributed by atoms with Crippen molar-refractivity contribution in [3.05, 3.63) is 64.1 Å². The lowest BCUT2D eigenvalue weighted by Crippen LogP contribution is -2.31. The number of hydrogen-bond acceptors (Lipinski definition) is 1. The predicted octanol–water partition coefficient (Wildman–Crippen LogP) is 4.88. The van der Waals surface area contributed by atoms with Crippen molar-refractivity contribution >= 4 is 34.9 Å². The minimum absolute atomic E-state index is 0.0843. The van der Waals surface area contributed by atoms with Crippen LogP contribution in [0.4, 0.5) is 10.5 Å². The molecule has 3 nitrogen and oxygen atoms in total. The normalized spacial score (nSPS) is 11.8. The van der Waals surface area contributed by atoms with Crippen LogP contribution in [0.1, 0.15) is 18.5 Å². The van der Waals surface area contributed by atoms with Gasteiger partial charge in [-0.1, -0.05) is 53.5 Å². The zero-order chi connectivity index (χ0) is 14.5. The van der Waals surface area contributed by atoms with Crippen molar-refractivity contribution in [2.24, 2.45) is 0 Å². The number of halogens is 2. The third kappa shape index (κ3) is 3.89. The molecule has 2 rings (SSSR count). The molecule has 1 atom stereocenters. The fraction of sp³-hybridized carbons (Fsp3) is 0.133. The van der Waals surface area contributed by atoms with Crippen LogP contribution in [0.3, 0.4) is 0 Å². The minimum Gasteiger partial charge on any atom is -0.331 e. The van der Waals surface area contributed by atoms with E-state index in [1.165, 1.54) is 0 Å². The molecule has 2 N–H and O–H groups in total. The van der Waals surface area contributed by atoms with Gasteiger partial charge in [0.1, 0.15) is 0 Å². The first-order chi connectivity index (χ1) is 9.56. The fourth-order valence-electron chi connectivity index (χ4n) is 1.76. The van der Waals surface area contributed by atoms with Crippen LogP contribution in [0.5, 0.6) is 0 Å². The van der Waals surface area contributed by atoms with Crippen LogP contribution >= 0.6 is 23.2 Å². The highest BCUT2D eigenvalue weighted by Gasteiger charge is 2.09. The van der Waals surface area contributed by atoms with E-state index in [1.54, 1.807) is 18.2 Å². The summed E-state index contributed by atoms with van der Waals surface area (Å²) in [5.41, 5.74) is 1.63. The smallest absolute Gasteiger partial charge is 0.319 e. The molecule has 0 spiro atoms. The van der Waals surface area contributed by atoms with Crippen LogP contribution < -0.4 is 10.6 Å². The summed E-state index contributed by atoms with van der Waals surface area (Å²) < 4.78 is 0. The van der Waals surface area contributed by atoms with Gasteiger partial charge in [0.25, 0.3) is 0 Å². The van der Waals surface area contributed by atoms with Crippen LogP contribution in [0, 0.1) is 0 Å². The average molecular weight is 309 g/mol. The molecule has 5 heteroatoms. The molecule has 0 saturated carbocycles. The van der Waals surface area contributed by atoms with Crippen molar-refractivity contribution in [3.63, 3.8) is 0 Å².